The Labute approximate surface area is 286 Å². The number of carbonyl (C=O) groups excluding carboxylic acids is 4. The number of primary amides is 2. The number of esters is 2. The van der Waals surface area contributed by atoms with Gasteiger partial charge in [-0.3, -0.25) is 0 Å². The molecular weight excluding hydrogens is 642 g/mol. The van der Waals surface area contributed by atoms with Crippen molar-refractivity contribution in [2.75, 3.05) is 10.6 Å². The van der Waals surface area contributed by atoms with Crippen molar-refractivity contribution in [1.82, 2.24) is 14.3 Å². The number of nitrogens with zero attached hydrogens (tertiary/aromatic N) is 3. The van der Waals surface area contributed by atoms with Gasteiger partial charge in [-0.05, 0) is 73.5 Å². The van der Waals surface area contributed by atoms with Gasteiger partial charge in [0.1, 0.15) is 11.6 Å². The molecule has 0 saturated heterocycles. The van der Waals surface area contributed by atoms with Crippen molar-refractivity contribution in [2.24, 2.45) is 11.5 Å². The average Bonchev–Trinajstić information content (AvgIpc) is 3.40. The molecule has 6 N–H and O–H groups in total. The molecule has 256 valence electrons. The van der Waals surface area contributed by atoms with E-state index in [9.17, 15) is 24.0 Å². The minimum Gasteiger partial charge on any atom is -0.375 e. The van der Waals surface area contributed by atoms with Crippen LogP contribution in [-0.2, 0) is 32.0 Å². The molecule has 14 nitrogen and oxygen atoms in total. The van der Waals surface area contributed by atoms with Crippen molar-refractivity contribution < 1.29 is 28.7 Å². The molecule has 5 aromatic rings. The van der Waals surface area contributed by atoms with Crippen LogP contribution >= 0.6 is 0 Å². The normalized spacial score (nSPS) is 12.6. The summed E-state index contributed by atoms with van der Waals surface area (Å²) in [6, 6.07) is 31.4. The fourth-order valence-electron chi connectivity index (χ4n) is 5.29. The van der Waals surface area contributed by atoms with Crippen LogP contribution < -0.4 is 27.8 Å². The second-order valence-corrected chi connectivity index (χ2v) is 11.6. The standard InChI is InChI=1S/C36H35N7O7/c1-23(31(44)49-33(37)46)39-27-17-19-29(20-18-27)43-30(41-42(35(43)48)22-25-11-7-4-8-12-25)26-13-15-28(16-14-26)40-36(2,32(45)50-34(38)47)21-24-9-5-3-6-10-24/h3-20,23,39-40H,21-22H2,1-2H3,(H2,37,46)(H2,38,47)/t23-,36-/m0/s1. The maximum Gasteiger partial charge on any atom is 0.412 e. The highest BCUT2D eigenvalue weighted by Gasteiger charge is 2.36. The summed E-state index contributed by atoms with van der Waals surface area (Å²) in [6.07, 6.45) is -2.21. The molecule has 0 aliphatic heterocycles. The third-order valence-electron chi connectivity index (χ3n) is 7.69. The highest BCUT2D eigenvalue weighted by atomic mass is 16.6. The SMILES string of the molecule is C[C@H](Nc1ccc(-n2c(-c3ccc(N[C@@](C)(Cc4ccccc4)C(=O)OC(N)=O)cc3)nn(Cc3ccccc3)c2=O)cc1)C(=O)OC(N)=O. The maximum absolute atomic E-state index is 13.9. The highest BCUT2D eigenvalue weighted by molar-refractivity contribution is 5.92. The number of nitrogens with two attached hydrogens (primary N) is 2. The maximum atomic E-state index is 13.9. The van der Waals surface area contributed by atoms with Crippen LogP contribution in [0.15, 0.2) is 114 Å². The van der Waals surface area contributed by atoms with Crippen LogP contribution in [0.2, 0.25) is 0 Å². The Morgan fingerprint density at radius 1 is 0.780 bits per heavy atom. The van der Waals surface area contributed by atoms with Gasteiger partial charge >= 0.3 is 29.8 Å². The number of carbonyl (C=O) groups is 4. The van der Waals surface area contributed by atoms with Gasteiger partial charge in [-0.25, -0.2) is 33.2 Å². The summed E-state index contributed by atoms with van der Waals surface area (Å²) in [5.74, 6) is -1.34. The topological polar surface area (TPSA) is 203 Å². The third kappa shape index (κ3) is 8.41. The van der Waals surface area contributed by atoms with Crippen molar-refractivity contribution >= 4 is 35.5 Å². The number of aromatic nitrogens is 3. The Kier molecular flexibility index (Phi) is 10.4. The second-order valence-electron chi connectivity index (χ2n) is 11.6. The highest BCUT2D eigenvalue weighted by Crippen LogP contribution is 2.26. The molecule has 50 heavy (non-hydrogen) atoms. The molecule has 1 heterocycles. The zero-order chi connectivity index (χ0) is 35.8. The van der Waals surface area contributed by atoms with Crippen LogP contribution in [0.4, 0.5) is 21.0 Å². The first kappa shape index (κ1) is 34.6. The molecule has 0 aliphatic rings. The molecule has 14 heteroatoms. The van der Waals surface area contributed by atoms with Crippen LogP contribution in [0.1, 0.15) is 25.0 Å². The number of hydrogen-bond acceptors (Lipinski definition) is 10. The molecular formula is C36H35N7O7. The van der Waals surface area contributed by atoms with E-state index in [1.165, 1.54) is 16.2 Å². The van der Waals surface area contributed by atoms with E-state index >= 15 is 0 Å². The van der Waals surface area contributed by atoms with Crippen LogP contribution in [0, 0.1) is 0 Å². The fraction of sp³-hybridized carbons (Fsp3) is 0.167. The molecule has 0 bridgehead atoms. The lowest BCUT2D eigenvalue weighted by molar-refractivity contribution is -0.141. The van der Waals surface area contributed by atoms with Crippen molar-refractivity contribution in [3.8, 4) is 17.1 Å². The molecule has 2 atom stereocenters. The Bertz CT molecular complexity index is 2040. The summed E-state index contributed by atoms with van der Waals surface area (Å²) in [4.78, 5) is 61.3. The molecule has 4 aromatic carbocycles. The predicted molar refractivity (Wildman–Crippen MR) is 185 cm³/mol. The molecule has 0 saturated carbocycles. The number of hydrogen-bond donors (Lipinski definition) is 4. The van der Waals surface area contributed by atoms with Crippen LogP contribution in [0.3, 0.4) is 0 Å². The lowest BCUT2D eigenvalue weighted by Gasteiger charge is -2.29. The molecule has 0 spiro atoms. The Morgan fingerprint density at radius 2 is 1.34 bits per heavy atom. The summed E-state index contributed by atoms with van der Waals surface area (Å²) in [5.41, 5.74) is 12.2. The number of ether oxygens (including phenoxy) is 2. The van der Waals surface area contributed by atoms with E-state index in [1.54, 1.807) is 55.5 Å². The van der Waals surface area contributed by atoms with Crippen molar-refractivity contribution in [3.05, 3.63) is 131 Å². The Morgan fingerprint density at radius 3 is 1.92 bits per heavy atom. The Balaban J connectivity index is 1.47. The summed E-state index contributed by atoms with van der Waals surface area (Å²) < 4.78 is 12.0. The molecule has 0 fully saturated rings. The number of nitrogens with one attached hydrogen (secondary N) is 2. The Hall–Kier alpha value is -6.70. The molecule has 0 unspecified atom stereocenters. The fourth-order valence-corrected chi connectivity index (χ4v) is 5.29. The lowest BCUT2D eigenvalue weighted by Crippen LogP contribution is -2.48. The number of rotatable bonds is 12. The molecule has 1 aromatic heterocycles. The van der Waals surface area contributed by atoms with Crippen LogP contribution in [-0.4, -0.2) is 50.1 Å². The quantitative estimate of drug-likeness (QED) is 0.109. The second kappa shape index (κ2) is 15.0. The van der Waals surface area contributed by atoms with E-state index in [-0.39, 0.29) is 13.0 Å². The van der Waals surface area contributed by atoms with Crippen LogP contribution in [0.25, 0.3) is 17.1 Å². The summed E-state index contributed by atoms with van der Waals surface area (Å²) in [7, 11) is 0. The third-order valence-corrected chi connectivity index (χ3v) is 7.69. The molecule has 2 amide bonds. The molecule has 0 aliphatic carbocycles. The van der Waals surface area contributed by atoms with Gasteiger partial charge in [0.15, 0.2) is 5.82 Å². The van der Waals surface area contributed by atoms with E-state index in [4.69, 9.17) is 21.3 Å². The first-order chi connectivity index (χ1) is 23.9. The van der Waals surface area contributed by atoms with Gasteiger partial charge in [0, 0.05) is 23.4 Å². The van der Waals surface area contributed by atoms with E-state index < -0.39 is 41.4 Å². The van der Waals surface area contributed by atoms with Crippen LogP contribution in [0.5, 0.6) is 0 Å². The van der Waals surface area contributed by atoms with Gasteiger partial charge in [-0.1, -0.05) is 60.7 Å². The van der Waals surface area contributed by atoms with Gasteiger partial charge in [-0.15, -0.1) is 5.10 Å². The summed E-state index contributed by atoms with van der Waals surface area (Å²) in [6.45, 7) is 3.35. The van der Waals surface area contributed by atoms with Gasteiger partial charge in [0.05, 0.1) is 12.2 Å². The minimum absolute atomic E-state index is 0.196. The zero-order valence-corrected chi connectivity index (χ0v) is 27.2. The number of benzene rings is 4. The van der Waals surface area contributed by atoms with Gasteiger partial charge in [0.2, 0.25) is 0 Å². The van der Waals surface area contributed by atoms with E-state index in [0.717, 1.165) is 11.1 Å². The monoisotopic (exact) mass is 677 g/mol. The smallest absolute Gasteiger partial charge is 0.375 e. The molecule has 0 radical (unpaired) electrons. The van der Waals surface area contributed by atoms with Gasteiger partial charge in [-0.2, -0.15) is 0 Å². The molecule has 5 rings (SSSR count). The first-order valence-electron chi connectivity index (χ1n) is 15.5. The van der Waals surface area contributed by atoms with Crippen molar-refractivity contribution in [1.29, 1.82) is 0 Å². The van der Waals surface area contributed by atoms with Crippen molar-refractivity contribution in [2.45, 2.75) is 38.4 Å². The lowest BCUT2D eigenvalue weighted by atomic mass is 9.92. The van der Waals surface area contributed by atoms with E-state index in [1.807, 2.05) is 60.7 Å². The van der Waals surface area contributed by atoms with Gasteiger partial charge < -0.3 is 31.6 Å². The number of anilines is 2. The van der Waals surface area contributed by atoms with Crippen molar-refractivity contribution in [3.63, 3.8) is 0 Å². The summed E-state index contributed by atoms with van der Waals surface area (Å²) >= 11 is 0. The minimum atomic E-state index is -1.36. The first-order valence-corrected chi connectivity index (χ1v) is 15.5. The zero-order valence-electron chi connectivity index (χ0n) is 27.2. The van der Waals surface area contributed by atoms with E-state index in [0.29, 0.717) is 28.5 Å². The summed E-state index contributed by atoms with van der Waals surface area (Å²) in [5, 5.41) is 10.8. The largest absolute Gasteiger partial charge is 0.412 e. The predicted octanol–water partition coefficient (Wildman–Crippen LogP) is 4.21. The van der Waals surface area contributed by atoms with Gasteiger partial charge in [0.25, 0.3) is 0 Å². The number of amides is 2. The average molecular weight is 678 g/mol. The van der Waals surface area contributed by atoms with E-state index in [2.05, 4.69) is 15.4 Å².